The van der Waals surface area contributed by atoms with Crippen LogP contribution in [-0.4, -0.2) is 25.3 Å². The van der Waals surface area contributed by atoms with E-state index >= 15 is 0 Å². The molecule has 0 spiro atoms. The number of hydrogen-bond donors (Lipinski definition) is 0. The van der Waals surface area contributed by atoms with Gasteiger partial charge < -0.3 is 9.47 Å². The largest absolute Gasteiger partial charge is 0.466 e. The van der Waals surface area contributed by atoms with E-state index < -0.39 is 0 Å². The van der Waals surface area contributed by atoms with Gasteiger partial charge in [-0.3, -0.25) is 0 Å². The Kier molecular flexibility index (Phi) is 1.73. The highest BCUT2D eigenvalue weighted by atomic mass is 16.5. The van der Waals surface area contributed by atoms with E-state index in [1.165, 1.54) is 13.2 Å². The number of fused-ring (bicyclic) bond motifs is 2. The lowest BCUT2D eigenvalue weighted by Gasteiger charge is -2.03. The molecule has 0 radical (unpaired) electrons. The first-order valence-corrected chi connectivity index (χ1v) is 3.92. The molecule has 0 aromatic carbocycles. The van der Waals surface area contributed by atoms with Gasteiger partial charge >= 0.3 is 5.97 Å². The van der Waals surface area contributed by atoms with Crippen molar-refractivity contribution in [1.82, 2.24) is 0 Å². The van der Waals surface area contributed by atoms with Crippen LogP contribution in [0.1, 0.15) is 6.42 Å². The SMILES string of the molecule is COC(=O)C=C1CC2C=C[C@H]1O2. The van der Waals surface area contributed by atoms with Crippen LogP contribution in [-0.2, 0) is 14.3 Å². The molecule has 0 saturated carbocycles. The Morgan fingerprint density at radius 1 is 1.75 bits per heavy atom. The minimum atomic E-state index is -0.297. The number of carbonyl (C=O) groups excluding carboxylic acids is 1. The average Bonchev–Trinajstić information content (AvgIpc) is 2.64. The summed E-state index contributed by atoms with van der Waals surface area (Å²) in [5, 5.41) is 0. The fourth-order valence-corrected chi connectivity index (χ4v) is 1.53. The van der Waals surface area contributed by atoms with Crippen LogP contribution >= 0.6 is 0 Å². The molecule has 2 rings (SSSR count). The molecule has 0 amide bonds. The molecule has 2 heterocycles. The molecular weight excluding hydrogens is 156 g/mol. The van der Waals surface area contributed by atoms with Crippen LogP contribution in [0.25, 0.3) is 0 Å². The molecule has 1 saturated heterocycles. The van der Waals surface area contributed by atoms with Gasteiger partial charge in [-0.25, -0.2) is 4.79 Å². The molecule has 2 aliphatic heterocycles. The van der Waals surface area contributed by atoms with Crippen LogP contribution in [0.15, 0.2) is 23.8 Å². The summed E-state index contributed by atoms with van der Waals surface area (Å²) in [6, 6.07) is 0. The molecule has 0 aliphatic carbocycles. The Morgan fingerprint density at radius 2 is 2.58 bits per heavy atom. The highest BCUT2D eigenvalue weighted by Crippen LogP contribution is 2.32. The lowest BCUT2D eigenvalue weighted by Crippen LogP contribution is -2.04. The van der Waals surface area contributed by atoms with Crippen molar-refractivity contribution < 1.29 is 14.3 Å². The number of esters is 1. The molecule has 0 aromatic rings. The number of carbonyl (C=O) groups is 1. The van der Waals surface area contributed by atoms with E-state index in [1.54, 1.807) is 0 Å². The standard InChI is InChI=1S/C9H10O3/c1-11-9(10)5-6-4-7-2-3-8(6)12-7/h2-3,5,7-8H,4H2,1H3/t7?,8-/m1/s1. The van der Waals surface area contributed by atoms with Crippen molar-refractivity contribution in [3.63, 3.8) is 0 Å². The fourth-order valence-electron chi connectivity index (χ4n) is 1.53. The minimum absolute atomic E-state index is 0.0223. The highest BCUT2D eigenvalue weighted by Gasteiger charge is 2.31. The van der Waals surface area contributed by atoms with Crippen molar-refractivity contribution in [2.24, 2.45) is 0 Å². The van der Waals surface area contributed by atoms with Gasteiger partial charge in [0.05, 0.1) is 19.3 Å². The van der Waals surface area contributed by atoms with E-state index in [1.807, 2.05) is 12.2 Å². The zero-order valence-electron chi connectivity index (χ0n) is 6.82. The van der Waals surface area contributed by atoms with E-state index in [4.69, 9.17) is 4.74 Å². The predicted molar refractivity (Wildman–Crippen MR) is 42.5 cm³/mol. The third-order valence-electron chi connectivity index (χ3n) is 2.13. The summed E-state index contributed by atoms with van der Waals surface area (Å²) < 4.78 is 9.97. The fraction of sp³-hybridized carbons (Fsp3) is 0.444. The van der Waals surface area contributed by atoms with E-state index in [0.717, 1.165) is 12.0 Å². The van der Waals surface area contributed by atoms with Crippen molar-refractivity contribution in [2.45, 2.75) is 18.6 Å². The third-order valence-corrected chi connectivity index (χ3v) is 2.13. The molecule has 3 heteroatoms. The Hall–Kier alpha value is -1.09. The van der Waals surface area contributed by atoms with E-state index in [0.29, 0.717) is 0 Å². The first-order valence-electron chi connectivity index (χ1n) is 3.92. The van der Waals surface area contributed by atoms with E-state index in [-0.39, 0.29) is 18.2 Å². The van der Waals surface area contributed by atoms with Crippen molar-refractivity contribution >= 4 is 5.97 Å². The van der Waals surface area contributed by atoms with E-state index in [9.17, 15) is 4.79 Å². The van der Waals surface area contributed by atoms with Crippen molar-refractivity contribution in [1.29, 1.82) is 0 Å². The van der Waals surface area contributed by atoms with Crippen molar-refractivity contribution in [2.75, 3.05) is 7.11 Å². The molecule has 2 atom stereocenters. The van der Waals surface area contributed by atoms with Crippen LogP contribution in [0, 0.1) is 0 Å². The zero-order chi connectivity index (χ0) is 8.55. The summed E-state index contributed by atoms with van der Waals surface area (Å²) in [5.74, 6) is -0.297. The quantitative estimate of drug-likeness (QED) is 0.328. The van der Waals surface area contributed by atoms with Gasteiger partial charge in [-0.15, -0.1) is 0 Å². The second kappa shape index (κ2) is 2.75. The lowest BCUT2D eigenvalue weighted by atomic mass is 10.0. The summed E-state index contributed by atoms with van der Waals surface area (Å²) in [7, 11) is 1.38. The predicted octanol–water partition coefficient (Wildman–Crippen LogP) is 0.813. The highest BCUT2D eigenvalue weighted by molar-refractivity contribution is 5.83. The van der Waals surface area contributed by atoms with Gasteiger partial charge in [0.25, 0.3) is 0 Å². The van der Waals surface area contributed by atoms with Crippen LogP contribution < -0.4 is 0 Å². The summed E-state index contributed by atoms with van der Waals surface area (Å²) >= 11 is 0. The number of ether oxygens (including phenoxy) is 2. The summed E-state index contributed by atoms with van der Waals surface area (Å²) in [6.45, 7) is 0. The molecular formula is C9H10O3. The normalized spacial score (nSPS) is 34.6. The summed E-state index contributed by atoms with van der Waals surface area (Å²) in [5.41, 5.74) is 1.02. The molecule has 1 unspecified atom stereocenters. The molecule has 0 aromatic heterocycles. The zero-order valence-corrected chi connectivity index (χ0v) is 6.82. The maximum absolute atomic E-state index is 10.9. The Labute approximate surface area is 70.7 Å². The van der Waals surface area contributed by atoms with Gasteiger partial charge in [0, 0.05) is 12.5 Å². The minimum Gasteiger partial charge on any atom is -0.466 e. The first-order chi connectivity index (χ1) is 5.79. The van der Waals surface area contributed by atoms with Crippen LogP contribution in [0.3, 0.4) is 0 Å². The maximum Gasteiger partial charge on any atom is 0.330 e. The van der Waals surface area contributed by atoms with Gasteiger partial charge in [-0.05, 0) is 5.57 Å². The third kappa shape index (κ3) is 1.16. The van der Waals surface area contributed by atoms with Crippen LogP contribution in [0.5, 0.6) is 0 Å². The lowest BCUT2D eigenvalue weighted by molar-refractivity contribution is -0.134. The van der Waals surface area contributed by atoms with Gasteiger partial charge in [0.2, 0.25) is 0 Å². The van der Waals surface area contributed by atoms with Crippen LogP contribution in [0.2, 0.25) is 0 Å². The van der Waals surface area contributed by atoms with Gasteiger partial charge in [0.1, 0.15) is 0 Å². The van der Waals surface area contributed by atoms with E-state index in [2.05, 4.69) is 4.74 Å². The Morgan fingerprint density at radius 3 is 3.08 bits per heavy atom. The van der Waals surface area contributed by atoms with Crippen molar-refractivity contribution in [3.8, 4) is 0 Å². The monoisotopic (exact) mass is 166 g/mol. The number of hydrogen-bond acceptors (Lipinski definition) is 3. The molecule has 2 bridgehead atoms. The van der Waals surface area contributed by atoms with Gasteiger partial charge in [-0.2, -0.15) is 0 Å². The van der Waals surface area contributed by atoms with Gasteiger partial charge in [-0.1, -0.05) is 12.2 Å². The Bertz CT molecular complexity index is 265. The second-order valence-corrected chi connectivity index (χ2v) is 2.93. The molecule has 12 heavy (non-hydrogen) atoms. The molecule has 64 valence electrons. The molecule has 2 aliphatic rings. The Balaban J connectivity index is 2.12. The number of rotatable bonds is 1. The smallest absolute Gasteiger partial charge is 0.330 e. The van der Waals surface area contributed by atoms with Gasteiger partial charge in [0.15, 0.2) is 0 Å². The van der Waals surface area contributed by atoms with Crippen LogP contribution in [0.4, 0.5) is 0 Å². The topological polar surface area (TPSA) is 35.5 Å². The van der Waals surface area contributed by atoms with Crippen molar-refractivity contribution in [3.05, 3.63) is 23.8 Å². The number of methoxy groups -OCH3 is 1. The summed E-state index contributed by atoms with van der Waals surface area (Å²) in [4.78, 5) is 10.9. The first kappa shape index (κ1) is 7.55. The second-order valence-electron chi connectivity index (χ2n) is 2.93. The maximum atomic E-state index is 10.9. The molecule has 3 nitrogen and oxygen atoms in total. The molecule has 0 N–H and O–H groups in total. The summed E-state index contributed by atoms with van der Waals surface area (Å²) in [6.07, 6.45) is 6.56. The average molecular weight is 166 g/mol. The molecule has 1 fully saturated rings.